The lowest BCUT2D eigenvalue weighted by atomic mass is 9.99. The first-order chi connectivity index (χ1) is 12.0. The molecule has 0 aromatic carbocycles. The molecule has 2 aromatic heterocycles. The van der Waals surface area contributed by atoms with E-state index in [2.05, 4.69) is 4.98 Å². The molecule has 1 saturated heterocycles. The highest BCUT2D eigenvalue weighted by Crippen LogP contribution is 2.32. The van der Waals surface area contributed by atoms with Crippen molar-refractivity contribution in [3.8, 4) is 0 Å². The largest absolute Gasteiger partial charge is 0.342 e. The molecule has 1 fully saturated rings. The normalized spacial score (nSPS) is 17.6. The zero-order valence-electron chi connectivity index (χ0n) is 14.9. The van der Waals surface area contributed by atoms with Crippen LogP contribution in [0.3, 0.4) is 0 Å². The van der Waals surface area contributed by atoms with Gasteiger partial charge in [-0.15, -0.1) is 11.3 Å². The van der Waals surface area contributed by atoms with Crippen LogP contribution in [0.1, 0.15) is 53.4 Å². The van der Waals surface area contributed by atoms with Gasteiger partial charge < -0.3 is 14.4 Å². The number of hydrogen-bond donors (Lipinski definition) is 0. The summed E-state index contributed by atoms with van der Waals surface area (Å²) in [6, 6.07) is 3.90. The SMILES string of the molecule is CC(=O)N1CCCCC1c1ccc(C(=O)N(C)Cc2nccs2)n1C. The van der Waals surface area contributed by atoms with Gasteiger partial charge in [0.25, 0.3) is 5.91 Å². The van der Waals surface area contributed by atoms with Gasteiger partial charge in [0.2, 0.25) is 5.91 Å². The predicted octanol–water partition coefficient (Wildman–Crippen LogP) is 2.83. The van der Waals surface area contributed by atoms with Gasteiger partial charge >= 0.3 is 0 Å². The van der Waals surface area contributed by atoms with Gasteiger partial charge in [-0.3, -0.25) is 9.59 Å². The molecule has 0 N–H and O–H groups in total. The van der Waals surface area contributed by atoms with E-state index in [1.165, 1.54) is 0 Å². The highest BCUT2D eigenvalue weighted by Gasteiger charge is 2.29. The van der Waals surface area contributed by atoms with Gasteiger partial charge in [0, 0.05) is 44.8 Å². The maximum atomic E-state index is 12.8. The van der Waals surface area contributed by atoms with Crippen molar-refractivity contribution in [1.82, 2.24) is 19.4 Å². The van der Waals surface area contributed by atoms with Crippen molar-refractivity contribution >= 4 is 23.2 Å². The first-order valence-corrected chi connectivity index (χ1v) is 9.43. The van der Waals surface area contributed by atoms with E-state index in [1.807, 2.05) is 34.0 Å². The molecular formula is C18H24N4O2S. The number of amides is 2. The molecule has 2 amide bonds. The van der Waals surface area contributed by atoms with Crippen LogP contribution in [-0.4, -0.2) is 44.8 Å². The van der Waals surface area contributed by atoms with E-state index in [0.717, 1.165) is 36.5 Å². The van der Waals surface area contributed by atoms with Crippen LogP contribution in [-0.2, 0) is 18.4 Å². The lowest BCUT2D eigenvalue weighted by molar-refractivity contribution is -0.132. The third-order valence-electron chi connectivity index (χ3n) is 4.83. The molecule has 6 nitrogen and oxygen atoms in total. The first kappa shape index (κ1) is 17.7. The summed E-state index contributed by atoms with van der Waals surface area (Å²) in [5, 5.41) is 2.83. The van der Waals surface area contributed by atoms with Crippen LogP contribution in [0.25, 0.3) is 0 Å². The van der Waals surface area contributed by atoms with Gasteiger partial charge in [-0.25, -0.2) is 4.98 Å². The zero-order chi connectivity index (χ0) is 18.0. The molecule has 25 heavy (non-hydrogen) atoms. The fourth-order valence-corrected chi connectivity index (χ4v) is 4.16. The predicted molar refractivity (Wildman–Crippen MR) is 97.3 cm³/mol. The molecule has 7 heteroatoms. The molecule has 0 bridgehead atoms. The molecule has 3 rings (SSSR count). The fraction of sp³-hybridized carbons (Fsp3) is 0.500. The Morgan fingerprint density at radius 1 is 1.36 bits per heavy atom. The van der Waals surface area contributed by atoms with E-state index in [4.69, 9.17) is 0 Å². The molecule has 2 aromatic rings. The van der Waals surface area contributed by atoms with Crippen LogP contribution in [0.4, 0.5) is 0 Å². The lowest BCUT2D eigenvalue weighted by Crippen LogP contribution is -2.38. The third-order valence-corrected chi connectivity index (χ3v) is 5.60. The van der Waals surface area contributed by atoms with Gasteiger partial charge in [0.15, 0.2) is 0 Å². The van der Waals surface area contributed by atoms with Crippen LogP contribution in [0.2, 0.25) is 0 Å². The standard InChI is InChI=1S/C18H24N4O2S/c1-13(23)22-10-5-4-6-15(22)14-7-8-16(21(14)3)18(24)20(2)12-17-19-9-11-25-17/h7-9,11,15H,4-6,10,12H2,1-3H3. The number of carbonyl (C=O) groups excluding carboxylic acids is 2. The molecule has 1 aliphatic rings. The van der Waals surface area contributed by atoms with Crippen molar-refractivity contribution in [3.63, 3.8) is 0 Å². The minimum atomic E-state index is -0.0332. The minimum Gasteiger partial charge on any atom is -0.342 e. The molecule has 134 valence electrons. The molecule has 0 saturated carbocycles. The lowest BCUT2D eigenvalue weighted by Gasteiger charge is -2.35. The number of nitrogens with zero attached hydrogens (tertiary/aromatic N) is 4. The first-order valence-electron chi connectivity index (χ1n) is 8.55. The Bertz CT molecular complexity index is 753. The second kappa shape index (κ2) is 7.39. The van der Waals surface area contributed by atoms with Crippen molar-refractivity contribution in [2.45, 2.75) is 38.8 Å². The van der Waals surface area contributed by atoms with Crippen LogP contribution in [0.15, 0.2) is 23.7 Å². The summed E-state index contributed by atoms with van der Waals surface area (Å²) in [4.78, 5) is 32.6. The van der Waals surface area contributed by atoms with Gasteiger partial charge in [-0.1, -0.05) is 0 Å². The maximum Gasteiger partial charge on any atom is 0.270 e. The zero-order valence-corrected chi connectivity index (χ0v) is 15.8. The molecular weight excluding hydrogens is 336 g/mol. The third kappa shape index (κ3) is 3.61. The number of rotatable bonds is 4. The highest BCUT2D eigenvalue weighted by molar-refractivity contribution is 7.09. The van der Waals surface area contributed by atoms with Crippen LogP contribution in [0, 0.1) is 0 Å². The second-order valence-corrected chi connectivity index (χ2v) is 7.49. The Hall–Kier alpha value is -2.15. The Kier molecular flexibility index (Phi) is 5.22. The summed E-state index contributed by atoms with van der Waals surface area (Å²) in [5.41, 5.74) is 1.67. The van der Waals surface area contributed by atoms with E-state index >= 15 is 0 Å². The molecule has 1 atom stereocenters. The van der Waals surface area contributed by atoms with E-state index in [0.29, 0.717) is 12.2 Å². The summed E-state index contributed by atoms with van der Waals surface area (Å²) in [5.74, 6) is 0.0637. The highest BCUT2D eigenvalue weighted by atomic mass is 32.1. The Balaban J connectivity index is 1.80. The molecule has 3 heterocycles. The number of thiazole rings is 1. The van der Waals surface area contributed by atoms with Crippen LogP contribution >= 0.6 is 11.3 Å². The van der Waals surface area contributed by atoms with Gasteiger partial charge in [0.1, 0.15) is 10.7 Å². The van der Waals surface area contributed by atoms with E-state index in [1.54, 1.807) is 36.4 Å². The second-order valence-electron chi connectivity index (χ2n) is 6.51. The van der Waals surface area contributed by atoms with Gasteiger partial charge in [-0.05, 0) is 31.4 Å². The van der Waals surface area contributed by atoms with Crippen LogP contribution in [0.5, 0.6) is 0 Å². The Morgan fingerprint density at radius 2 is 2.16 bits per heavy atom. The van der Waals surface area contributed by atoms with E-state index in [9.17, 15) is 9.59 Å². The number of hydrogen-bond acceptors (Lipinski definition) is 4. The quantitative estimate of drug-likeness (QED) is 0.842. The van der Waals surface area contributed by atoms with Crippen molar-refractivity contribution in [2.24, 2.45) is 7.05 Å². The molecule has 1 aliphatic heterocycles. The summed E-state index contributed by atoms with van der Waals surface area (Å²) in [6.45, 7) is 2.91. The molecule has 0 spiro atoms. The Labute approximate surface area is 152 Å². The van der Waals surface area contributed by atoms with Crippen molar-refractivity contribution in [3.05, 3.63) is 40.1 Å². The number of aromatic nitrogens is 2. The van der Waals surface area contributed by atoms with Gasteiger partial charge in [-0.2, -0.15) is 0 Å². The van der Waals surface area contributed by atoms with E-state index in [-0.39, 0.29) is 17.9 Å². The topological polar surface area (TPSA) is 58.4 Å². The van der Waals surface area contributed by atoms with E-state index < -0.39 is 0 Å². The van der Waals surface area contributed by atoms with Crippen molar-refractivity contribution < 1.29 is 9.59 Å². The average molecular weight is 360 g/mol. The molecule has 0 radical (unpaired) electrons. The Morgan fingerprint density at radius 3 is 2.84 bits per heavy atom. The van der Waals surface area contributed by atoms with Crippen LogP contribution < -0.4 is 0 Å². The van der Waals surface area contributed by atoms with Gasteiger partial charge in [0.05, 0.1) is 12.6 Å². The van der Waals surface area contributed by atoms with Crippen molar-refractivity contribution in [2.75, 3.05) is 13.6 Å². The summed E-state index contributed by atoms with van der Waals surface area (Å²) in [6.07, 6.45) is 4.84. The fourth-order valence-electron chi connectivity index (χ4n) is 3.49. The summed E-state index contributed by atoms with van der Waals surface area (Å²) >= 11 is 1.54. The number of likely N-dealkylation sites (tertiary alicyclic amines) is 1. The number of carbonyl (C=O) groups is 2. The summed E-state index contributed by atoms with van der Waals surface area (Å²) < 4.78 is 1.94. The monoisotopic (exact) mass is 360 g/mol. The average Bonchev–Trinajstić information content (AvgIpc) is 3.23. The smallest absolute Gasteiger partial charge is 0.270 e. The molecule has 0 aliphatic carbocycles. The summed E-state index contributed by atoms with van der Waals surface area (Å²) in [7, 11) is 3.70. The molecule has 1 unspecified atom stereocenters. The number of piperidine rings is 1. The van der Waals surface area contributed by atoms with Crippen molar-refractivity contribution in [1.29, 1.82) is 0 Å². The minimum absolute atomic E-state index is 0.0332. The maximum absolute atomic E-state index is 12.8.